The van der Waals surface area contributed by atoms with Gasteiger partial charge in [0.2, 0.25) is 5.91 Å². The average molecular weight is 277 g/mol. The van der Waals surface area contributed by atoms with Gasteiger partial charge in [-0.15, -0.1) is 11.8 Å². The van der Waals surface area contributed by atoms with Crippen LogP contribution in [-0.4, -0.2) is 28.1 Å². The lowest BCUT2D eigenvalue weighted by atomic mass is 9.97. The van der Waals surface area contributed by atoms with Crippen LogP contribution in [0.25, 0.3) is 0 Å². The number of aryl methyl sites for hydroxylation is 1. The number of phenols is 1. The molecule has 3 nitrogen and oxygen atoms in total. The zero-order valence-corrected chi connectivity index (χ0v) is 12.0. The first kappa shape index (κ1) is 12.9. The Labute approximate surface area is 118 Å². The molecule has 1 aromatic rings. The quantitative estimate of drug-likeness (QED) is 0.858. The number of anilines is 1. The van der Waals surface area contributed by atoms with Crippen molar-refractivity contribution < 1.29 is 9.90 Å². The number of carbonyl (C=O) groups excluding carboxylic acids is 1. The van der Waals surface area contributed by atoms with Crippen molar-refractivity contribution >= 4 is 23.4 Å². The van der Waals surface area contributed by atoms with E-state index < -0.39 is 0 Å². The van der Waals surface area contributed by atoms with Crippen LogP contribution in [0.4, 0.5) is 5.69 Å². The summed E-state index contributed by atoms with van der Waals surface area (Å²) in [6.45, 7) is 2.76. The number of hydrogen-bond donors (Lipinski definition) is 1. The maximum Gasteiger partial charge on any atom is 0.243 e. The van der Waals surface area contributed by atoms with Gasteiger partial charge in [-0.05, 0) is 50.0 Å². The van der Waals surface area contributed by atoms with Crippen LogP contribution in [0.3, 0.4) is 0 Å². The zero-order chi connectivity index (χ0) is 13.5. The molecule has 0 aromatic heterocycles. The van der Waals surface area contributed by atoms with Gasteiger partial charge in [0.15, 0.2) is 0 Å². The number of hydrogen-bond acceptors (Lipinski definition) is 3. The van der Waals surface area contributed by atoms with Gasteiger partial charge in [0.05, 0.1) is 10.4 Å². The monoisotopic (exact) mass is 277 g/mol. The number of rotatable bonds is 1. The summed E-state index contributed by atoms with van der Waals surface area (Å²) >= 11 is 1.75. The molecule has 1 saturated heterocycles. The van der Waals surface area contributed by atoms with E-state index >= 15 is 0 Å². The molecule has 2 aliphatic heterocycles. The van der Waals surface area contributed by atoms with Crippen molar-refractivity contribution in [3.63, 3.8) is 0 Å². The minimum atomic E-state index is -0.309. The van der Waals surface area contributed by atoms with Gasteiger partial charge in [0.1, 0.15) is 5.75 Å². The third-order valence-electron chi connectivity index (χ3n) is 4.11. The number of amides is 1. The Kier molecular flexibility index (Phi) is 3.21. The van der Waals surface area contributed by atoms with Crippen molar-refractivity contribution in [3.05, 3.63) is 23.8 Å². The summed E-state index contributed by atoms with van der Waals surface area (Å²) in [5.41, 5.74) is 1.83. The van der Waals surface area contributed by atoms with Crippen LogP contribution < -0.4 is 4.90 Å². The van der Waals surface area contributed by atoms with E-state index in [-0.39, 0.29) is 16.4 Å². The van der Waals surface area contributed by atoms with Crippen LogP contribution in [0.5, 0.6) is 5.75 Å². The van der Waals surface area contributed by atoms with Gasteiger partial charge < -0.3 is 10.0 Å². The van der Waals surface area contributed by atoms with Crippen LogP contribution >= 0.6 is 11.8 Å². The maximum atomic E-state index is 12.8. The van der Waals surface area contributed by atoms with Crippen LogP contribution in [0.15, 0.2) is 18.2 Å². The number of fused-ring (bicyclic) bond motifs is 1. The highest BCUT2D eigenvalue weighted by Crippen LogP contribution is 2.43. The van der Waals surface area contributed by atoms with E-state index in [1.54, 1.807) is 17.8 Å². The van der Waals surface area contributed by atoms with Crippen molar-refractivity contribution in [2.24, 2.45) is 0 Å². The average Bonchev–Trinajstić information content (AvgIpc) is 2.86. The summed E-state index contributed by atoms with van der Waals surface area (Å²) in [6.07, 6.45) is 3.96. The molecule has 3 rings (SSSR count). The van der Waals surface area contributed by atoms with Gasteiger partial charge in [-0.25, -0.2) is 0 Å². The molecule has 0 aliphatic carbocycles. The predicted octanol–water partition coefficient (Wildman–Crippen LogP) is 2.96. The molecule has 1 amide bonds. The molecule has 1 unspecified atom stereocenters. The molecule has 2 aliphatic rings. The number of thioether (sulfide) groups is 1. The van der Waals surface area contributed by atoms with Crippen LogP contribution in [0.2, 0.25) is 0 Å². The topological polar surface area (TPSA) is 40.5 Å². The SMILES string of the molecule is CC1(C(=O)N2CCCc3cccc(O)c32)CCCS1. The molecule has 0 bridgehead atoms. The largest absolute Gasteiger partial charge is 0.506 e. The van der Waals surface area contributed by atoms with E-state index in [0.717, 1.165) is 49.2 Å². The first-order valence-corrected chi connectivity index (χ1v) is 7.87. The van der Waals surface area contributed by atoms with Gasteiger partial charge in [0.25, 0.3) is 0 Å². The van der Waals surface area contributed by atoms with Gasteiger partial charge in [0, 0.05) is 6.54 Å². The second-order valence-corrected chi connectivity index (χ2v) is 7.13. The third kappa shape index (κ3) is 2.12. The van der Waals surface area contributed by atoms with Gasteiger partial charge in [-0.1, -0.05) is 12.1 Å². The summed E-state index contributed by atoms with van der Waals surface area (Å²) < 4.78 is -0.309. The summed E-state index contributed by atoms with van der Waals surface area (Å²) in [5.74, 6) is 1.46. The lowest BCUT2D eigenvalue weighted by molar-refractivity contribution is -0.120. The van der Waals surface area contributed by atoms with Crippen molar-refractivity contribution in [2.75, 3.05) is 17.2 Å². The lowest BCUT2D eigenvalue weighted by Crippen LogP contribution is -2.46. The Bertz CT molecular complexity index is 509. The van der Waals surface area contributed by atoms with Crippen LogP contribution in [0, 0.1) is 0 Å². The molecule has 19 heavy (non-hydrogen) atoms. The summed E-state index contributed by atoms with van der Waals surface area (Å²) in [6, 6.07) is 5.54. The standard InChI is InChI=1S/C15H19NO2S/c1-15(8-4-10-19-15)14(18)16-9-3-6-11-5-2-7-12(17)13(11)16/h2,5,7,17H,3-4,6,8-10H2,1H3. The second kappa shape index (κ2) is 4.75. The molecule has 1 N–H and O–H groups in total. The van der Waals surface area contributed by atoms with E-state index in [0.29, 0.717) is 0 Å². The first-order chi connectivity index (χ1) is 9.12. The Morgan fingerprint density at radius 1 is 1.42 bits per heavy atom. The van der Waals surface area contributed by atoms with Crippen molar-refractivity contribution in [1.29, 1.82) is 0 Å². The molecule has 102 valence electrons. The van der Waals surface area contributed by atoms with E-state index in [2.05, 4.69) is 0 Å². The Balaban J connectivity index is 1.97. The first-order valence-electron chi connectivity index (χ1n) is 6.89. The minimum Gasteiger partial charge on any atom is -0.506 e. The van der Waals surface area contributed by atoms with Gasteiger partial charge in [-0.2, -0.15) is 0 Å². The molecule has 2 heterocycles. The van der Waals surface area contributed by atoms with Crippen molar-refractivity contribution in [1.82, 2.24) is 0 Å². The number of benzene rings is 1. The Morgan fingerprint density at radius 2 is 2.26 bits per heavy atom. The summed E-state index contributed by atoms with van der Waals surface area (Å²) in [7, 11) is 0. The van der Waals surface area contributed by atoms with Gasteiger partial charge >= 0.3 is 0 Å². The normalized spacial score (nSPS) is 26.3. The van der Waals surface area contributed by atoms with Crippen LogP contribution in [0.1, 0.15) is 31.7 Å². The Hall–Kier alpha value is -1.16. The third-order valence-corrected chi connectivity index (χ3v) is 5.62. The molecule has 1 aromatic carbocycles. The highest BCUT2D eigenvalue weighted by molar-refractivity contribution is 8.01. The van der Waals surface area contributed by atoms with Crippen molar-refractivity contribution in [3.8, 4) is 5.75 Å². The fourth-order valence-electron chi connectivity index (χ4n) is 3.07. The van der Waals surface area contributed by atoms with Crippen LogP contribution in [-0.2, 0) is 11.2 Å². The fraction of sp³-hybridized carbons (Fsp3) is 0.533. The van der Waals surface area contributed by atoms with E-state index in [9.17, 15) is 9.90 Å². The number of phenolic OH excluding ortho intramolecular Hbond substituents is 1. The maximum absolute atomic E-state index is 12.8. The Morgan fingerprint density at radius 3 is 3.00 bits per heavy atom. The van der Waals surface area contributed by atoms with E-state index in [4.69, 9.17) is 0 Å². The summed E-state index contributed by atoms with van der Waals surface area (Å²) in [5, 5.41) is 10.1. The predicted molar refractivity (Wildman–Crippen MR) is 78.9 cm³/mol. The number of para-hydroxylation sites is 1. The van der Waals surface area contributed by atoms with Gasteiger partial charge in [-0.3, -0.25) is 4.79 Å². The second-order valence-electron chi connectivity index (χ2n) is 5.53. The zero-order valence-electron chi connectivity index (χ0n) is 11.2. The van der Waals surface area contributed by atoms with Crippen molar-refractivity contribution in [2.45, 2.75) is 37.4 Å². The molecular formula is C15H19NO2S. The molecular weight excluding hydrogens is 258 g/mol. The molecule has 1 fully saturated rings. The fourth-order valence-corrected chi connectivity index (χ4v) is 4.33. The molecule has 0 radical (unpaired) electrons. The highest BCUT2D eigenvalue weighted by atomic mass is 32.2. The molecule has 4 heteroatoms. The highest BCUT2D eigenvalue weighted by Gasteiger charge is 2.42. The van der Waals surface area contributed by atoms with E-state index in [1.807, 2.05) is 24.0 Å². The molecule has 1 atom stereocenters. The number of nitrogens with zero attached hydrogens (tertiary/aromatic N) is 1. The smallest absolute Gasteiger partial charge is 0.243 e. The summed E-state index contributed by atoms with van der Waals surface area (Å²) in [4.78, 5) is 14.6. The lowest BCUT2D eigenvalue weighted by Gasteiger charge is -2.35. The number of carbonyl (C=O) groups is 1. The number of aromatic hydroxyl groups is 1. The molecule has 0 saturated carbocycles. The molecule has 0 spiro atoms. The van der Waals surface area contributed by atoms with E-state index in [1.165, 1.54) is 0 Å². The minimum absolute atomic E-state index is 0.164.